The van der Waals surface area contributed by atoms with Gasteiger partial charge in [0.25, 0.3) is 0 Å². The van der Waals surface area contributed by atoms with Gasteiger partial charge in [-0.25, -0.2) is 0 Å². The van der Waals surface area contributed by atoms with E-state index in [1.807, 2.05) is 0 Å². The molecule has 3 aliphatic rings. The Labute approximate surface area is 174 Å². The van der Waals surface area contributed by atoms with E-state index in [2.05, 4.69) is 86.7 Å². The monoisotopic (exact) mass is 404 g/mol. The van der Waals surface area contributed by atoms with Gasteiger partial charge in [0.15, 0.2) is 0 Å². The van der Waals surface area contributed by atoms with Gasteiger partial charge in [0, 0.05) is 0 Å². The van der Waals surface area contributed by atoms with Gasteiger partial charge < -0.3 is 0 Å². The molecule has 1 heteroatoms. The summed E-state index contributed by atoms with van der Waals surface area (Å²) in [7, 11) is 0. The molecule has 0 saturated carbocycles. The SMILES string of the molecule is CCC1=C2c3ccccc3[CH]1[Ti]([CH3])([CH3])[CH]1C(CC)=C(c3ccccc31)C2(C)C. The van der Waals surface area contributed by atoms with Gasteiger partial charge in [-0.05, 0) is 0 Å². The van der Waals surface area contributed by atoms with Crippen molar-refractivity contribution >= 4 is 11.1 Å². The average molecular weight is 404 g/mol. The predicted molar refractivity (Wildman–Crippen MR) is 118 cm³/mol. The molecule has 2 aromatic rings. The zero-order valence-electron chi connectivity index (χ0n) is 18.2. The molecule has 0 aromatic heterocycles. The maximum absolute atomic E-state index is 2.72. The molecule has 2 atom stereocenters. The number of hydrogen-bond acceptors (Lipinski definition) is 0. The second-order valence-electron chi connectivity index (χ2n) is 9.99. The van der Waals surface area contributed by atoms with Crippen molar-refractivity contribution in [3.05, 3.63) is 81.9 Å². The Morgan fingerprint density at radius 3 is 1.50 bits per heavy atom. The Kier molecular flexibility index (Phi) is 4.04. The van der Waals surface area contributed by atoms with Gasteiger partial charge in [-0.15, -0.1) is 0 Å². The third-order valence-corrected chi connectivity index (χ3v) is 14.6. The number of hydrogen-bond donors (Lipinski definition) is 0. The Hall–Kier alpha value is -1.37. The Balaban J connectivity index is 1.95. The minimum atomic E-state index is -2.35. The second-order valence-corrected chi connectivity index (χ2v) is 17.5. The van der Waals surface area contributed by atoms with Crippen molar-refractivity contribution in [2.45, 2.75) is 59.4 Å². The molecule has 4 bridgehead atoms. The van der Waals surface area contributed by atoms with Crippen LogP contribution in [-0.4, -0.2) is 0 Å². The molecule has 28 heavy (non-hydrogen) atoms. The summed E-state index contributed by atoms with van der Waals surface area (Å²) in [5.41, 5.74) is 13.3. The van der Waals surface area contributed by atoms with Crippen LogP contribution in [0.3, 0.4) is 0 Å². The summed E-state index contributed by atoms with van der Waals surface area (Å²) in [5.74, 6) is 0. The van der Waals surface area contributed by atoms with Crippen molar-refractivity contribution in [1.82, 2.24) is 0 Å². The molecule has 0 nitrogen and oxygen atoms in total. The molecular formula is C27H32Ti. The van der Waals surface area contributed by atoms with E-state index in [1.165, 1.54) is 12.8 Å². The molecule has 2 unspecified atom stereocenters. The number of allylic oxidation sites excluding steroid dienone is 4. The van der Waals surface area contributed by atoms with E-state index in [0.29, 0.717) is 8.45 Å². The van der Waals surface area contributed by atoms with Crippen LogP contribution in [0.15, 0.2) is 59.7 Å². The van der Waals surface area contributed by atoms with Crippen molar-refractivity contribution in [1.29, 1.82) is 0 Å². The second kappa shape index (κ2) is 6.07. The van der Waals surface area contributed by atoms with Crippen LogP contribution in [0.1, 0.15) is 71.2 Å². The van der Waals surface area contributed by atoms with Crippen LogP contribution in [0.5, 0.6) is 0 Å². The summed E-state index contributed by atoms with van der Waals surface area (Å²) >= 11 is -2.35. The topological polar surface area (TPSA) is 0 Å². The van der Waals surface area contributed by atoms with Crippen LogP contribution < -0.4 is 0 Å². The standard InChI is InChI=1S/C25H26.2CH3.Ti/c1-5-17-15-19-11-7-9-13-21(19)23(17)25(3,4)24-18(6-2)16-20-12-8-10-14-22(20)24;;;/h7-16H,5-6H2,1-4H3;2*1H3;. The number of rotatable bonds is 2. The fourth-order valence-electron chi connectivity index (χ4n) is 7.19. The molecule has 144 valence electrons. The van der Waals surface area contributed by atoms with E-state index in [9.17, 15) is 0 Å². The van der Waals surface area contributed by atoms with Gasteiger partial charge in [-0.2, -0.15) is 0 Å². The van der Waals surface area contributed by atoms with E-state index in [0.717, 1.165) is 0 Å². The summed E-state index contributed by atoms with van der Waals surface area (Å²) in [6, 6.07) is 18.8. The van der Waals surface area contributed by atoms with E-state index in [1.54, 1.807) is 44.5 Å². The Bertz CT molecular complexity index is 966. The fraction of sp³-hybridized carbons (Fsp3) is 0.407. The Morgan fingerprint density at radius 1 is 0.714 bits per heavy atom. The van der Waals surface area contributed by atoms with Crippen molar-refractivity contribution in [2.75, 3.05) is 0 Å². The van der Waals surface area contributed by atoms with E-state index < -0.39 is 16.6 Å². The third-order valence-electron chi connectivity index (χ3n) is 7.92. The van der Waals surface area contributed by atoms with Crippen molar-refractivity contribution in [2.24, 2.45) is 5.41 Å². The number of fused-ring (bicyclic) bond motifs is 8. The first kappa shape index (κ1) is 18.6. The average Bonchev–Trinajstić information content (AvgIpc) is 3.21. The quantitative estimate of drug-likeness (QED) is 0.444. The summed E-state index contributed by atoms with van der Waals surface area (Å²) in [4.78, 5) is 0. The summed E-state index contributed by atoms with van der Waals surface area (Å²) < 4.78 is 1.38. The molecule has 0 amide bonds. The van der Waals surface area contributed by atoms with Crippen molar-refractivity contribution in [3.63, 3.8) is 0 Å². The molecule has 5 rings (SSSR count). The van der Waals surface area contributed by atoms with Gasteiger partial charge in [0.2, 0.25) is 0 Å². The molecule has 1 heterocycles. The fourth-order valence-corrected chi connectivity index (χ4v) is 14.9. The molecule has 0 saturated heterocycles. The predicted octanol–water partition coefficient (Wildman–Crippen LogP) is 8.11. The van der Waals surface area contributed by atoms with E-state index in [4.69, 9.17) is 0 Å². The van der Waals surface area contributed by atoms with Crippen LogP contribution >= 0.6 is 0 Å². The molecular weight excluding hydrogens is 372 g/mol. The first-order chi connectivity index (χ1) is 13.4. The van der Waals surface area contributed by atoms with E-state index >= 15 is 0 Å². The van der Waals surface area contributed by atoms with Crippen LogP contribution in [-0.2, 0) is 16.6 Å². The first-order valence-corrected chi connectivity index (χ1v) is 15.9. The van der Waals surface area contributed by atoms with E-state index in [-0.39, 0.29) is 5.41 Å². The molecule has 0 N–H and O–H groups in total. The van der Waals surface area contributed by atoms with Crippen LogP contribution in [0.2, 0.25) is 10.5 Å². The van der Waals surface area contributed by atoms with Crippen LogP contribution in [0.4, 0.5) is 0 Å². The normalized spacial score (nSPS) is 26.1. The van der Waals surface area contributed by atoms with Gasteiger partial charge in [-0.1, -0.05) is 0 Å². The molecule has 0 radical (unpaired) electrons. The van der Waals surface area contributed by atoms with Crippen molar-refractivity contribution in [3.8, 4) is 0 Å². The third kappa shape index (κ3) is 2.12. The summed E-state index contributed by atoms with van der Waals surface area (Å²) in [5, 5.41) is 5.44. The van der Waals surface area contributed by atoms with Crippen LogP contribution in [0.25, 0.3) is 11.1 Å². The van der Waals surface area contributed by atoms with Crippen LogP contribution in [0, 0.1) is 5.41 Å². The minimum absolute atomic E-state index is 0.0606. The molecule has 0 fully saturated rings. The molecule has 0 spiro atoms. The maximum atomic E-state index is 2.72. The molecule has 2 aromatic carbocycles. The van der Waals surface area contributed by atoms with Gasteiger partial charge >= 0.3 is 175 Å². The Morgan fingerprint density at radius 2 is 1.11 bits per heavy atom. The molecule has 1 aliphatic heterocycles. The number of benzene rings is 2. The summed E-state index contributed by atoms with van der Waals surface area (Å²) in [6.07, 6.45) is 2.37. The first-order valence-electron chi connectivity index (χ1n) is 11.0. The zero-order chi connectivity index (χ0) is 19.8. The zero-order valence-corrected chi connectivity index (χ0v) is 19.7. The van der Waals surface area contributed by atoms with Gasteiger partial charge in [0.1, 0.15) is 0 Å². The van der Waals surface area contributed by atoms with Gasteiger partial charge in [-0.3, -0.25) is 0 Å². The molecule has 2 aliphatic carbocycles. The summed E-state index contributed by atoms with van der Waals surface area (Å²) in [6.45, 7) is 9.81. The van der Waals surface area contributed by atoms with Gasteiger partial charge in [0.05, 0.1) is 0 Å². The van der Waals surface area contributed by atoms with Crippen molar-refractivity contribution < 1.29 is 16.6 Å².